The zero-order valence-corrected chi connectivity index (χ0v) is 11.8. The van der Waals surface area contributed by atoms with Crippen LogP contribution in [0.1, 0.15) is 30.3 Å². The number of aromatic nitrogens is 1. The zero-order valence-electron chi connectivity index (χ0n) is 11.8. The van der Waals surface area contributed by atoms with E-state index < -0.39 is 0 Å². The Bertz CT molecular complexity index is 586. The van der Waals surface area contributed by atoms with Crippen molar-refractivity contribution in [1.29, 1.82) is 0 Å². The van der Waals surface area contributed by atoms with Crippen LogP contribution < -0.4 is 5.73 Å². The molecule has 1 amide bonds. The Labute approximate surface area is 118 Å². The van der Waals surface area contributed by atoms with Crippen LogP contribution in [0, 0.1) is 5.92 Å². The number of nitrogens with two attached hydrogens (primary N) is 1. The lowest BCUT2D eigenvalue weighted by Crippen LogP contribution is -2.49. The number of aromatic amines is 1. The molecule has 4 nitrogen and oxygen atoms in total. The van der Waals surface area contributed by atoms with Crippen LogP contribution in [0.2, 0.25) is 0 Å². The number of H-pyrrole nitrogens is 1. The van der Waals surface area contributed by atoms with Crippen LogP contribution in [0.15, 0.2) is 30.3 Å². The molecule has 1 aromatic carbocycles. The van der Waals surface area contributed by atoms with E-state index in [1.807, 2.05) is 35.2 Å². The molecule has 1 aromatic heterocycles. The molecule has 0 aliphatic carbocycles. The first-order valence-corrected chi connectivity index (χ1v) is 7.28. The van der Waals surface area contributed by atoms with Crippen LogP contribution in [0.3, 0.4) is 0 Å². The Morgan fingerprint density at radius 1 is 1.45 bits per heavy atom. The van der Waals surface area contributed by atoms with Gasteiger partial charge in [-0.25, -0.2) is 0 Å². The maximum Gasteiger partial charge on any atom is 0.270 e. The summed E-state index contributed by atoms with van der Waals surface area (Å²) in [5.74, 6) is 0.721. The van der Waals surface area contributed by atoms with E-state index in [1.165, 1.54) is 0 Å². The summed E-state index contributed by atoms with van der Waals surface area (Å²) < 4.78 is 0. The zero-order chi connectivity index (χ0) is 14.1. The Kier molecular flexibility index (Phi) is 3.49. The number of benzene rings is 1. The fourth-order valence-electron chi connectivity index (χ4n) is 3.09. The van der Waals surface area contributed by atoms with E-state index in [4.69, 9.17) is 5.73 Å². The first-order chi connectivity index (χ1) is 9.69. The summed E-state index contributed by atoms with van der Waals surface area (Å²) in [6.07, 6.45) is 2.06. The number of piperidine rings is 1. The van der Waals surface area contributed by atoms with E-state index in [0.717, 1.165) is 30.3 Å². The molecule has 3 rings (SSSR count). The average molecular weight is 271 g/mol. The third-order valence-electron chi connectivity index (χ3n) is 4.27. The third kappa shape index (κ3) is 2.31. The molecule has 2 aromatic rings. The molecule has 0 radical (unpaired) electrons. The number of amides is 1. The largest absolute Gasteiger partial charge is 0.351 e. The molecule has 2 unspecified atom stereocenters. The Hall–Kier alpha value is -1.81. The van der Waals surface area contributed by atoms with Gasteiger partial charge in [-0.15, -0.1) is 0 Å². The molecule has 1 saturated heterocycles. The molecule has 20 heavy (non-hydrogen) atoms. The van der Waals surface area contributed by atoms with E-state index in [1.54, 1.807) is 0 Å². The van der Waals surface area contributed by atoms with Gasteiger partial charge < -0.3 is 15.6 Å². The summed E-state index contributed by atoms with van der Waals surface area (Å²) in [5, 5.41) is 1.07. The first-order valence-electron chi connectivity index (χ1n) is 7.28. The molecular weight excluding hydrogens is 250 g/mol. The molecular formula is C16H21N3O. The van der Waals surface area contributed by atoms with Gasteiger partial charge in [0.15, 0.2) is 0 Å². The summed E-state index contributed by atoms with van der Waals surface area (Å²) in [4.78, 5) is 17.8. The third-order valence-corrected chi connectivity index (χ3v) is 4.27. The molecule has 106 valence electrons. The lowest BCUT2D eigenvalue weighted by atomic mass is 9.92. The highest BCUT2D eigenvalue weighted by atomic mass is 16.2. The summed E-state index contributed by atoms with van der Waals surface area (Å²) >= 11 is 0. The van der Waals surface area contributed by atoms with Crippen LogP contribution in [0.4, 0.5) is 0 Å². The van der Waals surface area contributed by atoms with Gasteiger partial charge in [-0.2, -0.15) is 0 Å². The van der Waals surface area contributed by atoms with Crippen molar-refractivity contribution in [1.82, 2.24) is 9.88 Å². The standard InChI is InChI=1S/C16H21N3O/c1-11-6-7-19(13(8-11)10-17)16(20)15-9-12-4-2-3-5-14(12)18-15/h2-5,9,11,13,18H,6-8,10,17H2,1H3. The number of carbonyl (C=O) groups is 1. The SMILES string of the molecule is CC1CCN(C(=O)c2cc3ccccc3[nH]2)C(CN)C1. The molecule has 2 heterocycles. The van der Waals surface area contributed by atoms with E-state index in [0.29, 0.717) is 18.2 Å². The van der Waals surface area contributed by atoms with Gasteiger partial charge in [-0.3, -0.25) is 4.79 Å². The summed E-state index contributed by atoms with van der Waals surface area (Å²) in [7, 11) is 0. The van der Waals surface area contributed by atoms with Gasteiger partial charge in [-0.05, 0) is 30.9 Å². The van der Waals surface area contributed by atoms with Gasteiger partial charge in [0, 0.05) is 30.0 Å². The minimum absolute atomic E-state index is 0.0727. The van der Waals surface area contributed by atoms with E-state index >= 15 is 0 Å². The van der Waals surface area contributed by atoms with Crippen LogP contribution in [-0.4, -0.2) is 34.9 Å². The quantitative estimate of drug-likeness (QED) is 0.881. The predicted molar refractivity (Wildman–Crippen MR) is 80.6 cm³/mol. The number of para-hydroxylation sites is 1. The predicted octanol–water partition coefficient (Wildman–Crippen LogP) is 2.37. The molecule has 1 aliphatic rings. The van der Waals surface area contributed by atoms with Crippen LogP contribution in [-0.2, 0) is 0 Å². The topological polar surface area (TPSA) is 62.1 Å². The first kappa shape index (κ1) is 13.2. The average Bonchev–Trinajstić information content (AvgIpc) is 2.90. The summed E-state index contributed by atoms with van der Waals surface area (Å²) in [6.45, 7) is 3.57. The highest BCUT2D eigenvalue weighted by Crippen LogP contribution is 2.24. The minimum atomic E-state index is 0.0727. The van der Waals surface area contributed by atoms with Crippen molar-refractivity contribution >= 4 is 16.8 Å². The summed E-state index contributed by atoms with van der Waals surface area (Å²) in [6, 6.07) is 10.1. The van der Waals surface area contributed by atoms with E-state index in [-0.39, 0.29) is 11.9 Å². The monoisotopic (exact) mass is 271 g/mol. The highest BCUT2D eigenvalue weighted by molar-refractivity contribution is 5.98. The number of nitrogens with zero attached hydrogens (tertiary/aromatic N) is 1. The minimum Gasteiger partial charge on any atom is -0.351 e. The van der Waals surface area contributed by atoms with E-state index in [9.17, 15) is 4.79 Å². The highest BCUT2D eigenvalue weighted by Gasteiger charge is 2.30. The number of likely N-dealkylation sites (tertiary alicyclic amines) is 1. The molecule has 1 aliphatic heterocycles. The lowest BCUT2D eigenvalue weighted by Gasteiger charge is -2.37. The number of carbonyl (C=O) groups excluding carboxylic acids is 1. The second-order valence-electron chi connectivity index (χ2n) is 5.79. The van der Waals surface area contributed by atoms with Gasteiger partial charge >= 0.3 is 0 Å². The van der Waals surface area contributed by atoms with Gasteiger partial charge in [0.1, 0.15) is 5.69 Å². The fourth-order valence-corrected chi connectivity index (χ4v) is 3.09. The van der Waals surface area contributed by atoms with Crippen molar-refractivity contribution in [3.63, 3.8) is 0 Å². The second kappa shape index (κ2) is 5.29. The number of hydrogen-bond donors (Lipinski definition) is 2. The number of hydrogen-bond acceptors (Lipinski definition) is 2. The van der Waals surface area contributed by atoms with Crippen molar-refractivity contribution in [3.8, 4) is 0 Å². The van der Waals surface area contributed by atoms with Gasteiger partial charge in [0.25, 0.3) is 5.91 Å². The molecule has 0 saturated carbocycles. The number of nitrogens with one attached hydrogen (secondary N) is 1. The summed E-state index contributed by atoms with van der Waals surface area (Å²) in [5.41, 5.74) is 7.51. The fraction of sp³-hybridized carbons (Fsp3) is 0.438. The smallest absolute Gasteiger partial charge is 0.270 e. The van der Waals surface area contributed by atoms with Crippen LogP contribution in [0.25, 0.3) is 10.9 Å². The van der Waals surface area contributed by atoms with Crippen molar-refractivity contribution < 1.29 is 4.79 Å². The van der Waals surface area contributed by atoms with Gasteiger partial charge in [-0.1, -0.05) is 25.1 Å². The Morgan fingerprint density at radius 3 is 3.00 bits per heavy atom. The van der Waals surface area contributed by atoms with Gasteiger partial charge in [0.2, 0.25) is 0 Å². The van der Waals surface area contributed by atoms with Crippen molar-refractivity contribution in [2.45, 2.75) is 25.8 Å². The van der Waals surface area contributed by atoms with Gasteiger partial charge in [0.05, 0.1) is 0 Å². The number of rotatable bonds is 2. The Morgan fingerprint density at radius 2 is 2.25 bits per heavy atom. The maximum absolute atomic E-state index is 12.7. The van der Waals surface area contributed by atoms with Crippen LogP contribution in [0.5, 0.6) is 0 Å². The lowest BCUT2D eigenvalue weighted by molar-refractivity contribution is 0.0568. The molecule has 3 N–H and O–H groups in total. The molecule has 4 heteroatoms. The van der Waals surface area contributed by atoms with Crippen LogP contribution >= 0.6 is 0 Å². The van der Waals surface area contributed by atoms with E-state index in [2.05, 4.69) is 11.9 Å². The Balaban J connectivity index is 1.87. The second-order valence-corrected chi connectivity index (χ2v) is 5.79. The van der Waals surface area contributed by atoms with Crippen molar-refractivity contribution in [3.05, 3.63) is 36.0 Å². The molecule has 0 spiro atoms. The molecule has 1 fully saturated rings. The molecule has 0 bridgehead atoms. The molecule has 2 atom stereocenters. The number of fused-ring (bicyclic) bond motifs is 1. The normalized spacial score (nSPS) is 23.2. The maximum atomic E-state index is 12.7. The van der Waals surface area contributed by atoms with Crippen molar-refractivity contribution in [2.75, 3.05) is 13.1 Å². The van der Waals surface area contributed by atoms with Crippen molar-refractivity contribution in [2.24, 2.45) is 11.7 Å².